The molecule has 0 amide bonds. The van der Waals surface area contributed by atoms with Gasteiger partial charge in [-0.1, -0.05) is 6.08 Å². The summed E-state index contributed by atoms with van der Waals surface area (Å²) in [5.41, 5.74) is 0. The van der Waals surface area contributed by atoms with Crippen LogP contribution in [0, 0.1) is 0 Å². The number of hydrogen-bond acceptors (Lipinski definition) is 3. The quantitative estimate of drug-likeness (QED) is 0.400. The molecule has 0 unspecified atom stereocenters. The van der Waals surface area contributed by atoms with Gasteiger partial charge in [0.2, 0.25) is 0 Å². The van der Waals surface area contributed by atoms with Crippen LogP contribution in [0.5, 0.6) is 0 Å². The van der Waals surface area contributed by atoms with Crippen molar-refractivity contribution < 1.29 is 14.3 Å². The van der Waals surface area contributed by atoms with Crippen molar-refractivity contribution in [3.05, 3.63) is 12.7 Å². The van der Waals surface area contributed by atoms with Crippen molar-refractivity contribution in [2.75, 3.05) is 26.9 Å². The van der Waals surface area contributed by atoms with Crippen LogP contribution in [-0.2, 0) is 14.3 Å². The lowest BCUT2D eigenvalue weighted by molar-refractivity contribution is -0.126. The van der Waals surface area contributed by atoms with Crippen LogP contribution in [0.15, 0.2) is 12.7 Å². The Labute approximate surface area is 60.6 Å². The molecule has 0 aromatic carbocycles. The van der Waals surface area contributed by atoms with Gasteiger partial charge in [0.1, 0.15) is 13.2 Å². The summed E-state index contributed by atoms with van der Waals surface area (Å²) in [7, 11) is 1.48. The molecule has 0 radical (unpaired) electrons. The Balaban J connectivity index is 3.13. The van der Waals surface area contributed by atoms with E-state index in [9.17, 15) is 4.79 Å². The third-order valence-corrected chi connectivity index (χ3v) is 0.804. The van der Waals surface area contributed by atoms with Crippen molar-refractivity contribution >= 4 is 5.78 Å². The van der Waals surface area contributed by atoms with Gasteiger partial charge in [-0.25, -0.2) is 0 Å². The zero-order valence-corrected chi connectivity index (χ0v) is 6.13. The normalized spacial score (nSPS) is 9.30. The fourth-order valence-electron chi connectivity index (χ4n) is 0.459. The first kappa shape index (κ1) is 9.33. The third kappa shape index (κ3) is 5.47. The van der Waals surface area contributed by atoms with Crippen LogP contribution in [0.4, 0.5) is 0 Å². The van der Waals surface area contributed by atoms with Crippen molar-refractivity contribution in [3.8, 4) is 0 Å². The summed E-state index contributed by atoms with van der Waals surface area (Å²) in [5, 5.41) is 0. The van der Waals surface area contributed by atoms with Gasteiger partial charge in [-0.3, -0.25) is 4.79 Å². The van der Waals surface area contributed by atoms with E-state index in [1.54, 1.807) is 6.08 Å². The fourth-order valence-corrected chi connectivity index (χ4v) is 0.459. The molecule has 0 aliphatic rings. The number of ether oxygens (including phenoxy) is 2. The van der Waals surface area contributed by atoms with Crippen molar-refractivity contribution in [3.63, 3.8) is 0 Å². The van der Waals surface area contributed by atoms with Crippen molar-refractivity contribution in [2.24, 2.45) is 0 Å². The average Bonchev–Trinajstić information content (AvgIpc) is 1.89. The highest BCUT2D eigenvalue weighted by molar-refractivity contribution is 5.80. The SMILES string of the molecule is C=CCOCC(=O)COC. The zero-order chi connectivity index (χ0) is 7.82. The summed E-state index contributed by atoms with van der Waals surface area (Å²) in [4.78, 5) is 10.6. The van der Waals surface area contributed by atoms with Crippen molar-refractivity contribution in [2.45, 2.75) is 0 Å². The number of methoxy groups -OCH3 is 1. The summed E-state index contributed by atoms with van der Waals surface area (Å²) >= 11 is 0. The minimum atomic E-state index is -0.0515. The Morgan fingerprint density at radius 3 is 2.80 bits per heavy atom. The Bertz CT molecular complexity index is 109. The maximum atomic E-state index is 10.6. The second kappa shape index (κ2) is 6.45. The fraction of sp³-hybridized carbons (Fsp3) is 0.571. The molecule has 0 aromatic rings. The molecule has 0 saturated heterocycles. The summed E-state index contributed by atoms with van der Waals surface area (Å²) in [6.07, 6.45) is 1.60. The minimum Gasteiger partial charge on any atom is -0.377 e. The average molecular weight is 144 g/mol. The van der Waals surface area contributed by atoms with Gasteiger partial charge in [-0.2, -0.15) is 0 Å². The molecule has 0 rings (SSSR count). The van der Waals surface area contributed by atoms with Gasteiger partial charge in [0.15, 0.2) is 5.78 Å². The van der Waals surface area contributed by atoms with E-state index in [2.05, 4.69) is 11.3 Å². The second-order valence-electron chi connectivity index (χ2n) is 1.78. The van der Waals surface area contributed by atoms with Gasteiger partial charge < -0.3 is 9.47 Å². The lowest BCUT2D eigenvalue weighted by Gasteiger charge is -1.98. The molecule has 0 N–H and O–H groups in total. The molecule has 0 heterocycles. The predicted molar refractivity (Wildman–Crippen MR) is 37.9 cm³/mol. The number of Topliss-reactive ketones (excluding diaryl/α,β-unsaturated/α-hetero) is 1. The van der Waals surface area contributed by atoms with E-state index < -0.39 is 0 Å². The number of ketones is 1. The molecule has 0 fully saturated rings. The summed E-state index contributed by atoms with van der Waals surface area (Å²) in [5.74, 6) is -0.0515. The molecular weight excluding hydrogens is 132 g/mol. The predicted octanol–water partition coefficient (Wildman–Crippen LogP) is 0.404. The lowest BCUT2D eigenvalue weighted by Crippen LogP contribution is -2.13. The monoisotopic (exact) mass is 144 g/mol. The van der Waals surface area contributed by atoms with E-state index in [-0.39, 0.29) is 19.0 Å². The Morgan fingerprint density at radius 2 is 2.30 bits per heavy atom. The van der Waals surface area contributed by atoms with E-state index in [0.29, 0.717) is 6.61 Å². The van der Waals surface area contributed by atoms with E-state index in [1.165, 1.54) is 7.11 Å². The van der Waals surface area contributed by atoms with Crippen LogP contribution < -0.4 is 0 Å². The Hall–Kier alpha value is -0.670. The van der Waals surface area contributed by atoms with Crippen LogP contribution in [0.25, 0.3) is 0 Å². The Kier molecular flexibility index (Phi) is 6.02. The van der Waals surface area contributed by atoms with Crippen LogP contribution >= 0.6 is 0 Å². The molecule has 0 aliphatic carbocycles. The second-order valence-corrected chi connectivity index (χ2v) is 1.78. The van der Waals surface area contributed by atoms with Gasteiger partial charge in [0, 0.05) is 7.11 Å². The molecule has 0 aromatic heterocycles. The lowest BCUT2D eigenvalue weighted by atomic mass is 10.4. The van der Waals surface area contributed by atoms with Gasteiger partial charge >= 0.3 is 0 Å². The number of carbonyl (C=O) groups is 1. The largest absolute Gasteiger partial charge is 0.377 e. The number of hydrogen-bond donors (Lipinski definition) is 0. The molecule has 0 atom stereocenters. The first-order valence-corrected chi connectivity index (χ1v) is 3.00. The number of rotatable bonds is 6. The highest BCUT2D eigenvalue weighted by Crippen LogP contribution is 1.78. The van der Waals surface area contributed by atoms with Gasteiger partial charge in [-0.05, 0) is 0 Å². The van der Waals surface area contributed by atoms with E-state index in [0.717, 1.165) is 0 Å². The van der Waals surface area contributed by atoms with Crippen LogP contribution in [0.1, 0.15) is 0 Å². The molecule has 10 heavy (non-hydrogen) atoms. The maximum absolute atomic E-state index is 10.6. The first-order valence-electron chi connectivity index (χ1n) is 3.00. The van der Waals surface area contributed by atoms with Gasteiger partial charge in [-0.15, -0.1) is 6.58 Å². The molecular formula is C7H12O3. The summed E-state index contributed by atoms with van der Waals surface area (Å²) in [6, 6.07) is 0. The first-order chi connectivity index (χ1) is 4.81. The molecule has 3 nitrogen and oxygen atoms in total. The van der Waals surface area contributed by atoms with Crippen LogP contribution in [0.2, 0.25) is 0 Å². The standard InChI is InChI=1S/C7H12O3/c1-3-4-10-6-7(8)5-9-2/h3H,1,4-6H2,2H3. The molecule has 0 saturated carbocycles. The van der Waals surface area contributed by atoms with Crippen molar-refractivity contribution in [1.29, 1.82) is 0 Å². The van der Waals surface area contributed by atoms with Gasteiger partial charge in [0.25, 0.3) is 0 Å². The minimum absolute atomic E-state index is 0.0515. The van der Waals surface area contributed by atoms with E-state index in [4.69, 9.17) is 4.74 Å². The molecule has 58 valence electrons. The molecule has 0 spiro atoms. The topological polar surface area (TPSA) is 35.5 Å². The maximum Gasteiger partial charge on any atom is 0.183 e. The van der Waals surface area contributed by atoms with Crippen LogP contribution in [0.3, 0.4) is 0 Å². The summed E-state index contributed by atoms with van der Waals surface area (Å²) in [6.45, 7) is 4.08. The molecule has 0 aliphatic heterocycles. The number of carbonyl (C=O) groups excluding carboxylic acids is 1. The molecule has 3 heteroatoms. The van der Waals surface area contributed by atoms with Crippen LogP contribution in [-0.4, -0.2) is 32.7 Å². The smallest absolute Gasteiger partial charge is 0.183 e. The molecule has 0 bridgehead atoms. The van der Waals surface area contributed by atoms with Crippen molar-refractivity contribution in [1.82, 2.24) is 0 Å². The zero-order valence-electron chi connectivity index (χ0n) is 6.13. The third-order valence-electron chi connectivity index (χ3n) is 0.804. The van der Waals surface area contributed by atoms with E-state index in [1.807, 2.05) is 0 Å². The van der Waals surface area contributed by atoms with E-state index >= 15 is 0 Å². The summed E-state index contributed by atoms with van der Waals surface area (Å²) < 4.78 is 9.43. The highest BCUT2D eigenvalue weighted by atomic mass is 16.5. The Morgan fingerprint density at radius 1 is 1.60 bits per heavy atom. The highest BCUT2D eigenvalue weighted by Gasteiger charge is 1.98. The van der Waals surface area contributed by atoms with Gasteiger partial charge in [0.05, 0.1) is 6.61 Å².